The number of likely N-dealkylation sites (tertiary alicyclic amines) is 1. The molecule has 0 bridgehead atoms. The molecule has 7 heteroatoms. The summed E-state index contributed by atoms with van der Waals surface area (Å²) in [6.07, 6.45) is 2.54. The number of nitrogens with zero attached hydrogens (tertiary/aromatic N) is 3. The van der Waals surface area contributed by atoms with E-state index >= 15 is 0 Å². The zero-order valence-electron chi connectivity index (χ0n) is 22.0. The van der Waals surface area contributed by atoms with Gasteiger partial charge in [-0.1, -0.05) is 66.2 Å². The van der Waals surface area contributed by atoms with Gasteiger partial charge in [-0.15, -0.1) is 0 Å². The summed E-state index contributed by atoms with van der Waals surface area (Å²) in [4.78, 5) is 30.8. The summed E-state index contributed by atoms with van der Waals surface area (Å²) < 4.78 is 27.6. The summed E-state index contributed by atoms with van der Waals surface area (Å²) in [7, 11) is 0. The smallest absolute Gasteiger partial charge is 0.243 e. The number of halogens is 2. The third-order valence-electron chi connectivity index (χ3n) is 7.54. The average molecular weight is 530 g/mol. The average Bonchev–Trinajstić information content (AvgIpc) is 2.94. The van der Waals surface area contributed by atoms with Crippen molar-refractivity contribution in [2.24, 2.45) is 0 Å². The van der Waals surface area contributed by atoms with Gasteiger partial charge in [0.05, 0.1) is 13.1 Å². The van der Waals surface area contributed by atoms with Crippen LogP contribution >= 0.6 is 0 Å². The Balaban J connectivity index is 1.14. The highest BCUT2D eigenvalue weighted by molar-refractivity contribution is 5.99. The summed E-state index contributed by atoms with van der Waals surface area (Å²) in [5.74, 6) is -1.01. The maximum atomic E-state index is 14.0. The molecular weight excluding hydrogens is 496 g/mol. The fourth-order valence-electron chi connectivity index (χ4n) is 5.52. The summed E-state index contributed by atoms with van der Waals surface area (Å²) >= 11 is 0. The Labute approximate surface area is 228 Å². The highest BCUT2D eigenvalue weighted by Gasteiger charge is 2.31. The van der Waals surface area contributed by atoms with Crippen molar-refractivity contribution in [2.75, 3.05) is 39.3 Å². The number of benzene rings is 3. The van der Waals surface area contributed by atoms with Crippen molar-refractivity contribution in [1.29, 1.82) is 0 Å². The van der Waals surface area contributed by atoms with Crippen LogP contribution in [0.2, 0.25) is 0 Å². The molecule has 2 fully saturated rings. The lowest BCUT2D eigenvalue weighted by Gasteiger charge is -2.34. The van der Waals surface area contributed by atoms with E-state index in [1.54, 1.807) is 23.1 Å². The predicted octanol–water partition coefficient (Wildman–Crippen LogP) is 5.12. The van der Waals surface area contributed by atoms with E-state index in [4.69, 9.17) is 0 Å². The minimum Gasteiger partial charge on any atom is -0.303 e. The Bertz CT molecular complexity index is 1310. The van der Waals surface area contributed by atoms with Crippen molar-refractivity contribution >= 4 is 17.4 Å². The first-order chi connectivity index (χ1) is 19.0. The Morgan fingerprint density at radius 1 is 0.692 bits per heavy atom. The number of carbonyl (C=O) groups excluding carboxylic acids is 2. The van der Waals surface area contributed by atoms with Gasteiger partial charge in [0.1, 0.15) is 11.6 Å². The topological polar surface area (TPSA) is 43.9 Å². The fourth-order valence-corrected chi connectivity index (χ4v) is 5.52. The third-order valence-corrected chi connectivity index (χ3v) is 7.54. The first-order valence-corrected chi connectivity index (χ1v) is 13.5. The number of amides is 2. The standard InChI is InChI=1S/C32H33F2N3O2/c33-28-13-11-25(12-14-28)32(24-7-2-1-3-8-24)26-15-19-35(20-16-26)17-6-18-37-30(38)22-36(23-31(37)39)21-27-9-4-5-10-29(27)34/h1-5,7-14H,6,15-23H2. The number of hydrogen-bond acceptors (Lipinski definition) is 4. The molecule has 0 unspecified atom stereocenters. The van der Waals surface area contributed by atoms with Gasteiger partial charge in [-0.2, -0.15) is 0 Å². The van der Waals surface area contributed by atoms with E-state index < -0.39 is 0 Å². The largest absolute Gasteiger partial charge is 0.303 e. The Morgan fingerprint density at radius 2 is 1.31 bits per heavy atom. The summed E-state index contributed by atoms with van der Waals surface area (Å²) in [6, 6.07) is 23.4. The molecule has 39 heavy (non-hydrogen) atoms. The molecule has 5 nitrogen and oxygen atoms in total. The predicted molar refractivity (Wildman–Crippen MR) is 148 cm³/mol. The molecule has 0 spiro atoms. The van der Waals surface area contributed by atoms with Gasteiger partial charge in [0.2, 0.25) is 11.8 Å². The van der Waals surface area contributed by atoms with E-state index in [1.807, 2.05) is 30.3 Å². The van der Waals surface area contributed by atoms with Crippen LogP contribution in [0.4, 0.5) is 8.78 Å². The van der Waals surface area contributed by atoms with Gasteiger partial charge in [0.15, 0.2) is 0 Å². The van der Waals surface area contributed by atoms with Crippen molar-refractivity contribution < 1.29 is 18.4 Å². The molecule has 2 saturated heterocycles. The maximum absolute atomic E-state index is 14.0. The van der Waals surface area contributed by atoms with Crippen molar-refractivity contribution in [3.63, 3.8) is 0 Å². The van der Waals surface area contributed by atoms with E-state index in [0.717, 1.165) is 43.6 Å². The normalized spacial score (nSPS) is 17.1. The molecule has 0 N–H and O–H groups in total. The molecule has 5 rings (SSSR count). The molecule has 0 saturated carbocycles. The van der Waals surface area contributed by atoms with Crippen LogP contribution in [-0.4, -0.2) is 65.8 Å². The molecule has 0 aromatic heterocycles. The quantitative estimate of drug-likeness (QED) is 0.380. The second kappa shape index (κ2) is 12.5. The van der Waals surface area contributed by atoms with Crippen molar-refractivity contribution in [1.82, 2.24) is 14.7 Å². The van der Waals surface area contributed by atoms with E-state index in [1.165, 1.54) is 34.2 Å². The number of carbonyl (C=O) groups is 2. The maximum Gasteiger partial charge on any atom is 0.243 e. The number of hydrogen-bond donors (Lipinski definition) is 0. The Morgan fingerprint density at radius 3 is 1.97 bits per heavy atom. The fraction of sp³-hybridized carbons (Fsp3) is 0.312. The van der Waals surface area contributed by atoms with Crippen LogP contribution in [0.5, 0.6) is 0 Å². The van der Waals surface area contributed by atoms with Crippen molar-refractivity contribution in [2.45, 2.75) is 25.8 Å². The molecule has 0 atom stereocenters. The highest BCUT2D eigenvalue weighted by atomic mass is 19.1. The van der Waals surface area contributed by atoms with Gasteiger partial charge < -0.3 is 4.90 Å². The van der Waals surface area contributed by atoms with Gasteiger partial charge >= 0.3 is 0 Å². The van der Waals surface area contributed by atoms with Gasteiger partial charge in [0, 0.05) is 31.7 Å². The van der Waals surface area contributed by atoms with Gasteiger partial charge in [-0.25, -0.2) is 8.78 Å². The number of imide groups is 1. The Hall–Kier alpha value is -3.68. The number of piperidine rings is 1. The number of piperazine rings is 1. The van der Waals surface area contributed by atoms with E-state index in [9.17, 15) is 18.4 Å². The zero-order chi connectivity index (χ0) is 27.2. The third kappa shape index (κ3) is 6.67. The molecule has 202 valence electrons. The van der Waals surface area contributed by atoms with Gasteiger partial charge in [-0.05, 0) is 60.7 Å². The lowest BCUT2D eigenvalue weighted by atomic mass is 9.88. The molecule has 2 amide bonds. The molecule has 0 aliphatic carbocycles. The molecule has 2 aliphatic rings. The highest BCUT2D eigenvalue weighted by Crippen LogP contribution is 2.32. The van der Waals surface area contributed by atoms with E-state index in [2.05, 4.69) is 17.0 Å². The monoisotopic (exact) mass is 529 g/mol. The molecular formula is C32H33F2N3O2. The van der Waals surface area contributed by atoms with Crippen LogP contribution in [0.15, 0.2) is 84.4 Å². The molecule has 2 aliphatic heterocycles. The van der Waals surface area contributed by atoms with Crippen LogP contribution in [0, 0.1) is 11.6 Å². The summed E-state index contributed by atoms with van der Waals surface area (Å²) in [5, 5.41) is 0. The molecule has 2 heterocycles. The SMILES string of the molecule is O=C1CN(Cc2ccccc2F)CC(=O)N1CCCN1CCC(=C(c2ccccc2)c2ccc(F)cc2)CC1. The molecule has 3 aromatic carbocycles. The van der Waals surface area contributed by atoms with E-state index in [0.29, 0.717) is 18.5 Å². The van der Waals surface area contributed by atoms with Gasteiger partial charge in [-0.3, -0.25) is 19.4 Å². The molecule has 3 aromatic rings. The first kappa shape index (κ1) is 26.9. The second-order valence-corrected chi connectivity index (χ2v) is 10.2. The van der Waals surface area contributed by atoms with Crippen LogP contribution in [0.25, 0.3) is 5.57 Å². The first-order valence-electron chi connectivity index (χ1n) is 13.5. The summed E-state index contributed by atoms with van der Waals surface area (Å²) in [5.41, 5.74) is 5.19. The van der Waals surface area contributed by atoms with Crippen molar-refractivity contribution in [3.8, 4) is 0 Å². The van der Waals surface area contributed by atoms with E-state index in [-0.39, 0.29) is 43.1 Å². The zero-order valence-corrected chi connectivity index (χ0v) is 22.0. The van der Waals surface area contributed by atoms with Gasteiger partial charge in [0.25, 0.3) is 0 Å². The van der Waals surface area contributed by atoms with Crippen LogP contribution in [0.1, 0.15) is 36.0 Å². The van der Waals surface area contributed by atoms with Crippen LogP contribution in [-0.2, 0) is 16.1 Å². The second-order valence-electron chi connectivity index (χ2n) is 10.2. The lowest BCUT2D eigenvalue weighted by molar-refractivity contribution is -0.151. The van der Waals surface area contributed by atoms with Crippen LogP contribution < -0.4 is 0 Å². The van der Waals surface area contributed by atoms with Crippen molar-refractivity contribution in [3.05, 3.63) is 113 Å². The lowest BCUT2D eigenvalue weighted by Crippen LogP contribution is -2.54. The minimum atomic E-state index is -0.326. The van der Waals surface area contributed by atoms with Crippen LogP contribution in [0.3, 0.4) is 0 Å². The minimum absolute atomic E-state index is 0.115. The summed E-state index contributed by atoms with van der Waals surface area (Å²) in [6.45, 7) is 3.46. The molecule has 0 radical (unpaired) electrons. The Kier molecular flexibility index (Phi) is 8.59. The number of rotatable bonds is 8.